The van der Waals surface area contributed by atoms with Crippen molar-refractivity contribution in [2.24, 2.45) is 0 Å². The lowest BCUT2D eigenvalue weighted by molar-refractivity contribution is -0.384. The number of fused-ring (bicyclic) bond motifs is 1. The van der Waals surface area contributed by atoms with E-state index in [1.54, 1.807) is 18.2 Å². The molecular formula is C19H19FN4O3. The van der Waals surface area contributed by atoms with E-state index in [0.29, 0.717) is 18.5 Å². The number of H-pyrrole nitrogens is 1. The highest BCUT2D eigenvalue weighted by atomic mass is 19.1. The number of carbonyl (C=O) groups is 1. The maximum atomic E-state index is 13.5. The van der Waals surface area contributed by atoms with Gasteiger partial charge in [0.25, 0.3) is 5.69 Å². The molecule has 2 aromatic carbocycles. The highest BCUT2D eigenvalue weighted by Gasteiger charge is 2.13. The van der Waals surface area contributed by atoms with Gasteiger partial charge < -0.3 is 15.6 Å². The van der Waals surface area contributed by atoms with Crippen LogP contribution < -0.4 is 10.6 Å². The zero-order valence-electron chi connectivity index (χ0n) is 14.7. The Morgan fingerprint density at radius 2 is 1.93 bits per heavy atom. The number of nitro groups is 1. The fourth-order valence-corrected chi connectivity index (χ4v) is 2.92. The molecule has 0 saturated carbocycles. The number of carbonyl (C=O) groups excluding carboxylic acids is 1. The summed E-state index contributed by atoms with van der Waals surface area (Å²) < 4.78 is 13.5. The molecule has 0 saturated heterocycles. The van der Waals surface area contributed by atoms with Crippen molar-refractivity contribution in [1.82, 2.24) is 10.3 Å². The Hall–Kier alpha value is -3.42. The molecule has 27 heavy (non-hydrogen) atoms. The van der Waals surface area contributed by atoms with Crippen LogP contribution in [0.3, 0.4) is 0 Å². The van der Waals surface area contributed by atoms with Gasteiger partial charge in [0.15, 0.2) is 0 Å². The van der Waals surface area contributed by atoms with Gasteiger partial charge in [0.05, 0.1) is 11.3 Å². The summed E-state index contributed by atoms with van der Waals surface area (Å²) in [7, 11) is 0. The van der Waals surface area contributed by atoms with Crippen molar-refractivity contribution < 1.29 is 14.1 Å². The molecule has 0 aliphatic rings. The van der Waals surface area contributed by atoms with E-state index in [1.807, 2.05) is 6.92 Å². The molecule has 0 unspecified atom stereocenters. The summed E-state index contributed by atoms with van der Waals surface area (Å²) in [4.78, 5) is 25.5. The summed E-state index contributed by atoms with van der Waals surface area (Å²) >= 11 is 0. The topological polar surface area (TPSA) is 100 Å². The quantitative estimate of drug-likeness (QED) is 0.337. The van der Waals surface area contributed by atoms with E-state index < -0.39 is 4.92 Å². The molecule has 1 amide bonds. The van der Waals surface area contributed by atoms with Crippen LogP contribution in [0.5, 0.6) is 0 Å². The fourth-order valence-electron chi connectivity index (χ4n) is 2.92. The Balaban J connectivity index is 1.51. The predicted octanol–water partition coefficient (Wildman–Crippen LogP) is 3.29. The minimum absolute atomic E-state index is 0.0272. The Morgan fingerprint density at radius 3 is 2.63 bits per heavy atom. The molecule has 0 atom stereocenters. The molecule has 0 aliphatic carbocycles. The molecule has 3 aromatic rings. The average Bonchev–Trinajstić information content (AvgIpc) is 2.94. The first-order valence-corrected chi connectivity index (χ1v) is 8.46. The van der Waals surface area contributed by atoms with Crippen LogP contribution in [-0.4, -0.2) is 28.9 Å². The molecule has 0 fully saturated rings. The number of amides is 1. The van der Waals surface area contributed by atoms with Gasteiger partial charge in [-0.1, -0.05) is 0 Å². The number of nitro benzene ring substituents is 1. The van der Waals surface area contributed by atoms with Crippen LogP contribution in [0.15, 0.2) is 42.5 Å². The van der Waals surface area contributed by atoms with E-state index in [0.717, 1.165) is 22.5 Å². The molecule has 0 radical (unpaired) electrons. The van der Waals surface area contributed by atoms with Gasteiger partial charge in [0, 0.05) is 47.5 Å². The van der Waals surface area contributed by atoms with Crippen LogP contribution in [0, 0.1) is 22.9 Å². The Bertz CT molecular complexity index is 983. The second-order valence-electron chi connectivity index (χ2n) is 6.18. The minimum Gasteiger partial charge on any atom is -0.383 e. The average molecular weight is 370 g/mol. The maximum absolute atomic E-state index is 13.5. The molecule has 1 aromatic heterocycles. The zero-order valence-corrected chi connectivity index (χ0v) is 14.7. The largest absolute Gasteiger partial charge is 0.383 e. The highest BCUT2D eigenvalue weighted by Crippen LogP contribution is 2.23. The molecule has 1 heterocycles. The Morgan fingerprint density at radius 1 is 1.19 bits per heavy atom. The SMILES string of the molecule is Cc1[nH]c2ccc(F)cc2c1CC(=O)NCCNc1ccc([N+](=O)[O-])cc1. The number of aromatic amines is 1. The van der Waals surface area contributed by atoms with Crippen molar-refractivity contribution in [3.63, 3.8) is 0 Å². The van der Waals surface area contributed by atoms with E-state index in [2.05, 4.69) is 15.6 Å². The second kappa shape index (κ2) is 7.86. The van der Waals surface area contributed by atoms with E-state index >= 15 is 0 Å². The smallest absolute Gasteiger partial charge is 0.269 e. The predicted molar refractivity (Wildman–Crippen MR) is 101 cm³/mol. The number of hydrogen-bond acceptors (Lipinski definition) is 4. The van der Waals surface area contributed by atoms with Gasteiger partial charge >= 0.3 is 0 Å². The number of nitrogens with zero attached hydrogens (tertiary/aromatic N) is 1. The van der Waals surface area contributed by atoms with E-state index in [-0.39, 0.29) is 23.8 Å². The molecule has 0 aliphatic heterocycles. The maximum Gasteiger partial charge on any atom is 0.269 e. The molecule has 8 heteroatoms. The summed E-state index contributed by atoms with van der Waals surface area (Å²) in [6.45, 7) is 2.73. The zero-order chi connectivity index (χ0) is 19.4. The molecule has 3 N–H and O–H groups in total. The van der Waals surface area contributed by atoms with Gasteiger partial charge in [-0.2, -0.15) is 0 Å². The summed E-state index contributed by atoms with van der Waals surface area (Å²) in [6, 6.07) is 10.5. The monoisotopic (exact) mass is 370 g/mol. The molecule has 140 valence electrons. The number of aromatic nitrogens is 1. The second-order valence-corrected chi connectivity index (χ2v) is 6.18. The van der Waals surface area contributed by atoms with E-state index in [9.17, 15) is 19.3 Å². The van der Waals surface area contributed by atoms with Crippen LogP contribution in [0.1, 0.15) is 11.3 Å². The summed E-state index contributed by atoms with van der Waals surface area (Å²) in [5.41, 5.74) is 3.19. The van der Waals surface area contributed by atoms with Crippen molar-refractivity contribution >= 4 is 28.2 Å². The lowest BCUT2D eigenvalue weighted by Gasteiger charge is -2.08. The normalized spacial score (nSPS) is 10.7. The van der Waals surface area contributed by atoms with Crippen molar-refractivity contribution in [2.75, 3.05) is 18.4 Å². The van der Waals surface area contributed by atoms with Crippen LogP contribution in [0.25, 0.3) is 10.9 Å². The number of anilines is 1. The number of rotatable bonds is 7. The number of non-ortho nitro benzene ring substituents is 1. The third kappa shape index (κ3) is 4.41. The minimum atomic E-state index is -0.456. The Labute approximate surface area is 154 Å². The van der Waals surface area contributed by atoms with E-state index in [4.69, 9.17) is 0 Å². The fraction of sp³-hybridized carbons (Fsp3) is 0.211. The molecule has 7 nitrogen and oxygen atoms in total. The van der Waals surface area contributed by atoms with Crippen molar-refractivity contribution in [3.05, 3.63) is 69.7 Å². The molecular weight excluding hydrogens is 351 g/mol. The number of aryl methyl sites for hydroxylation is 1. The van der Waals surface area contributed by atoms with Crippen LogP contribution in [0.2, 0.25) is 0 Å². The van der Waals surface area contributed by atoms with Crippen molar-refractivity contribution in [2.45, 2.75) is 13.3 Å². The first kappa shape index (κ1) is 18.4. The molecule has 3 rings (SSSR count). The van der Waals surface area contributed by atoms with Gasteiger partial charge in [0.2, 0.25) is 5.91 Å². The van der Waals surface area contributed by atoms with Crippen molar-refractivity contribution in [3.8, 4) is 0 Å². The van der Waals surface area contributed by atoms with Crippen LogP contribution in [0.4, 0.5) is 15.8 Å². The van der Waals surface area contributed by atoms with Crippen LogP contribution in [-0.2, 0) is 11.2 Å². The number of nitrogens with one attached hydrogen (secondary N) is 3. The standard InChI is InChI=1S/C19H19FN4O3/c1-12-16(17-10-13(20)2-7-18(17)23-12)11-19(25)22-9-8-21-14-3-5-15(6-4-14)24(26)27/h2-7,10,21,23H,8-9,11H2,1H3,(H,22,25). The third-order valence-electron chi connectivity index (χ3n) is 4.27. The summed E-state index contributed by atoms with van der Waals surface area (Å²) in [6.07, 6.45) is 0.160. The van der Waals surface area contributed by atoms with Gasteiger partial charge in [-0.05, 0) is 42.8 Å². The third-order valence-corrected chi connectivity index (χ3v) is 4.27. The van der Waals surface area contributed by atoms with Gasteiger partial charge in [-0.3, -0.25) is 14.9 Å². The lowest BCUT2D eigenvalue weighted by atomic mass is 10.1. The molecule has 0 bridgehead atoms. The van der Waals surface area contributed by atoms with Crippen molar-refractivity contribution in [1.29, 1.82) is 0 Å². The summed E-state index contributed by atoms with van der Waals surface area (Å²) in [5, 5.41) is 17.2. The first-order chi connectivity index (χ1) is 12.9. The number of hydrogen-bond donors (Lipinski definition) is 3. The van der Waals surface area contributed by atoms with Gasteiger partial charge in [0.1, 0.15) is 5.82 Å². The first-order valence-electron chi connectivity index (χ1n) is 8.46. The van der Waals surface area contributed by atoms with Gasteiger partial charge in [-0.15, -0.1) is 0 Å². The lowest BCUT2D eigenvalue weighted by Crippen LogP contribution is -2.30. The number of halogens is 1. The highest BCUT2D eigenvalue weighted by molar-refractivity contribution is 5.90. The Kier molecular flexibility index (Phi) is 5.35. The van der Waals surface area contributed by atoms with E-state index in [1.165, 1.54) is 24.3 Å². The molecule has 0 spiro atoms. The van der Waals surface area contributed by atoms with Gasteiger partial charge in [-0.25, -0.2) is 4.39 Å². The number of benzene rings is 2. The summed E-state index contributed by atoms with van der Waals surface area (Å²) in [5.74, 6) is -0.496. The van der Waals surface area contributed by atoms with Crippen LogP contribution >= 0.6 is 0 Å².